The van der Waals surface area contributed by atoms with Crippen molar-refractivity contribution in [3.05, 3.63) is 27.2 Å². The molecule has 1 spiro atoms. The van der Waals surface area contributed by atoms with Crippen molar-refractivity contribution in [1.82, 2.24) is 0 Å². The minimum Gasteiger partial charge on any atom is -0.481 e. The summed E-state index contributed by atoms with van der Waals surface area (Å²) in [5.41, 5.74) is 1.35. The SMILES string of the molecule is O=C(C1CC2(CC/C1=N/O)OCCO2)[C@H]1Cc2cc(Cl)cc(Br)c2O1. The number of carbonyl (C=O) groups excluding carboxylic acids is 1. The van der Waals surface area contributed by atoms with Gasteiger partial charge in [0.15, 0.2) is 17.7 Å². The van der Waals surface area contributed by atoms with Crippen molar-refractivity contribution in [2.24, 2.45) is 11.1 Å². The number of hydrogen-bond acceptors (Lipinski definition) is 6. The summed E-state index contributed by atoms with van der Waals surface area (Å²) in [6.45, 7) is 1.03. The molecular weight excluding hydrogens is 414 g/mol. The molecule has 2 heterocycles. The third-order valence-electron chi connectivity index (χ3n) is 5.03. The molecule has 25 heavy (non-hydrogen) atoms. The van der Waals surface area contributed by atoms with Gasteiger partial charge < -0.3 is 19.4 Å². The lowest BCUT2D eigenvalue weighted by atomic mass is 9.78. The Morgan fingerprint density at radius 2 is 2.12 bits per heavy atom. The number of carbonyl (C=O) groups is 1. The van der Waals surface area contributed by atoms with E-state index in [0.717, 1.165) is 10.0 Å². The molecule has 1 aliphatic carbocycles. The highest BCUT2D eigenvalue weighted by Crippen LogP contribution is 2.42. The quantitative estimate of drug-likeness (QED) is 0.575. The highest BCUT2D eigenvalue weighted by atomic mass is 79.9. The Balaban J connectivity index is 1.56. The van der Waals surface area contributed by atoms with E-state index in [1.807, 2.05) is 6.07 Å². The summed E-state index contributed by atoms with van der Waals surface area (Å²) < 4.78 is 18.1. The Kier molecular flexibility index (Phi) is 4.52. The highest BCUT2D eigenvalue weighted by molar-refractivity contribution is 9.10. The van der Waals surface area contributed by atoms with E-state index in [1.165, 1.54) is 0 Å². The topological polar surface area (TPSA) is 77.4 Å². The molecule has 3 aliphatic rings. The van der Waals surface area contributed by atoms with Gasteiger partial charge in [-0.3, -0.25) is 4.79 Å². The van der Waals surface area contributed by atoms with Crippen molar-refractivity contribution in [3.63, 3.8) is 0 Å². The van der Waals surface area contributed by atoms with Gasteiger partial charge in [-0.1, -0.05) is 16.8 Å². The molecule has 6 nitrogen and oxygen atoms in total. The zero-order chi connectivity index (χ0) is 17.6. The van der Waals surface area contributed by atoms with Crippen LogP contribution >= 0.6 is 27.5 Å². The second-order valence-electron chi connectivity index (χ2n) is 6.54. The first-order chi connectivity index (χ1) is 12.0. The molecule has 0 radical (unpaired) electrons. The van der Waals surface area contributed by atoms with E-state index in [9.17, 15) is 10.0 Å². The fourth-order valence-electron chi connectivity index (χ4n) is 3.83. The van der Waals surface area contributed by atoms with Crippen LogP contribution < -0.4 is 4.74 Å². The molecule has 1 unspecified atom stereocenters. The number of ketones is 1. The van der Waals surface area contributed by atoms with Gasteiger partial charge in [-0.15, -0.1) is 0 Å². The first-order valence-electron chi connectivity index (χ1n) is 8.18. The Hall–Kier alpha value is -1.15. The zero-order valence-corrected chi connectivity index (χ0v) is 15.7. The van der Waals surface area contributed by atoms with Crippen LogP contribution in [0.25, 0.3) is 0 Å². The lowest BCUT2D eigenvalue weighted by Crippen LogP contribution is -2.46. The summed E-state index contributed by atoms with van der Waals surface area (Å²) in [5, 5.41) is 13.3. The number of hydrogen-bond donors (Lipinski definition) is 1. The summed E-state index contributed by atoms with van der Waals surface area (Å²) in [4.78, 5) is 13.1. The molecule has 134 valence electrons. The minimum atomic E-state index is -0.746. The fourth-order valence-corrected chi connectivity index (χ4v) is 4.80. The number of nitrogens with zero attached hydrogens (tertiary/aromatic N) is 1. The number of Topliss-reactive ketones (excluding diaryl/α,β-unsaturated/α-hetero) is 1. The average Bonchev–Trinajstić information content (AvgIpc) is 3.21. The van der Waals surface area contributed by atoms with Crippen LogP contribution in [0.1, 0.15) is 24.8 Å². The largest absolute Gasteiger partial charge is 0.481 e. The van der Waals surface area contributed by atoms with Crippen molar-refractivity contribution in [1.29, 1.82) is 0 Å². The van der Waals surface area contributed by atoms with Crippen LogP contribution in [0.15, 0.2) is 21.8 Å². The second kappa shape index (κ2) is 6.54. The number of fused-ring (bicyclic) bond motifs is 1. The summed E-state index contributed by atoms with van der Waals surface area (Å²) in [5.74, 6) is -0.802. The van der Waals surface area contributed by atoms with Gasteiger partial charge in [-0.2, -0.15) is 0 Å². The molecule has 2 fully saturated rings. The van der Waals surface area contributed by atoms with Gasteiger partial charge in [-0.05, 0) is 34.5 Å². The van der Waals surface area contributed by atoms with Crippen LogP contribution in [0.2, 0.25) is 5.02 Å². The Morgan fingerprint density at radius 1 is 1.36 bits per heavy atom. The monoisotopic (exact) mass is 429 g/mol. The summed E-state index contributed by atoms with van der Waals surface area (Å²) in [7, 11) is 0. The first kappa shape index (κ1) is 17.3. The lowest BCUT2D eigenvalue weighted by Gasteiger charge is -2.36. The standard InChI is InChI=1S/C17H17BrClNO5/c18-12-7-10(19)5-9-6-14(25-16(9)12)15(21)11-8-17(23-3-4-24-17)2-1-13(11)20-22/h5,7,11,14,22H,1-4,6,8H2/b20-13-/t11?,14-/m1/s1. The Bertz CT molecular complexity index is 747. The van der Waals surface area contributed by atoms with E-state index < -0.39 is 17.8 Å². The van der Waals surface area contributed by atoms with E-state index in [-0.39, 0.29) is 5.78 Å². The zero-order valence-electron chi connectivity index (χ0n) is 13.3. The van der Waals surface area contributed by atoms with E-state index in [4.69, 9.17) is 25.8 Å². The highest BCUT2D eigenvalue weighted by Gasteiger charge is 2.48. The van der Waals surface area contributed by atoms with E-state index in [1.54, 1.807) is 6.07 Å². The van der Waals surface area contributed by atoms with Crippen LogP contribution in [0.3, 0.4) is 0 Å². The molecule has 1 saturated heterocycles. The van der Waals surface area contributed by atoms with Crippen molar-refractivity contribution in [3.8, 4) is 5.75 Å². The summed E-state index contributed by atoms with van der Waals surface area (Å²) in [6.07, 6.45) is 1.20. The van der Waals surface area contributed by atoms with Gasteiger partial charge in [0.1, 0.15) is 5.75 Å². The Morgan fingerprint density at radius 3 is 2.84 bits per heavy atom. The van der Waals surface area contributed by atoms with E-state index >= 15 is 0 Å². The minimum absolute atomic E-state index is 0.120. The van der Waals surface area contributed by atoms with Gasteiger partial charge in [0.25, 0.3) is 0 Å². The van der Waals surface area contributed by atoms with Crippen molar-refractivity contribution in [2.45, 2.75) is 37.6 Å². The third kappa shape index (κ3) is 3.07. The molecule has 1 aromatic carbocycles. The average molecular weight is 431 g/mol. The summed E-state index contributed by atoms with van der Waals surface area (Å²) in [6, 6.07) is 3.55. The van der Waals surface area contributed by atoms with Gasteiger partial charge in [0, 0.05) is 29.8 Å². The van der Waals surface area contributed by atoms with Crippen LogP contribution in [0.4, 0.5) is 0 Å². The van der Waals surface area contributed by atoms with Crippen LogP contribution in [0.5, 0.6) is 5.75 Å². The van der Waals surface area contributed by atoms with Gasteiger partial charge in [-0.25, -0.2) is 0 Å². The predicted octanol–water partition coefficient (Wildman–Crippen LogP) is 3.35. The molecule has 1 N–H and O–H groups in total. The maximum atomic E-state index is 13.1. The molecule has 2 atom stereocenters. The van der Waals surface area contributed by atoms with Crippen LogP contribution in [-0.2, 0) is 20.7 Å². The molecule has 1 aromatic rings. The lowest BCUT2D eigenvalue weighted by molar-refractivity contribution is -0.178. The predicted molar refractivity (Wildman–Crippen MR) is 93.5 cm³/mol. The molecule has 4 rings (SSSR count). The second-order valence-corrected chi connectivity index (χ2v) is 7.84. The smallest absolute Gasteiger partial charge is 0.182 e. The number of rotatable bonds is 2. The fraction of sp³-hybridized carbons (Fsp3) is 0.529. The maximum Gasteiger partial charge on any atom is 0.182 e. The van der Waals surface area contributed by atoms with Gasteiger partial charge >= 0.3 is 0 Å². The number of oxime groups is 1. The molecule has 0 bridgehead atoms. The molecule has 8 heteroatoms. The van der Waals surface area contributed by atoms with Crippen LogP contribution in [0, 0.1) is 5.92 Å². The molecule has 1 saturated carbocycles. The number of halogens is 2. The molecule has 0 aromatic heterocycles. The van der Waals surface area contributed by atoms with Gasteiger partial charge in [0.05, 0.1) is 29.3 Å². The normalized spacial score (nSPS) is 29.0. The number of benzene rings is 1. The van der Waals surface area contributed by atoms with Crippen molar-refractivity contribution >= 4 is 39.0 Å². The first-order valence-corrected chi connectivity index (χ1v) is 9.35. The van der Waals surface area contributed by atoms with Crippen molar-refractivity contribution in [2.75, 3.05) is 13.2 Å². The number of ether oxygens (including phenoxy) is 3. The Labute approximate surface area is 158 Å². The molecule has 2 aliphatic heterocycles. The summed E-state index contributed by atoms with van der Waals surface area (Å²) >= 11 is 9.50. The van der Waals surface area contributed by atoms with E-state index in [0.29, 0.717) is 55.4 Å². The molecular formula is C17H17BrClNO5. The van der Waals surface area contributed by atoms with E-state index in [2.05, 4.69) is 21.1 Å². The van der Waals surface area contributed by atoms with Crippen molar-refractivity contribution < 1.29 is 24.2 Å². The van der Waals surface area contributed by atoms with Crippen LogP contribution in [-0.4, -0.2) is 41.8 Å². The van der Waals surface area contributed by atoms with Gasteiger partial charge in [0.2, 0.25) is 0 Å². The molecule has 0 amide bonds. The third-order valence-corrected chi connectivity index (χ3v) is 5.84. The maximum absolute atomic E-state index is 13.1.